The number of aromatic hydroxyl groups is 2. The van der Waals surface area contributed by atoms with Crippen molar-refractivity contribution in [1.29, 1.82) is 0 Å². The molecular formula is C20H18N4O5. The number of aryl methyl sites for hydroxylation is 1. The number of phenolic OH excluding ortho intramolecular Hbond substituents is 2. The summed E-state index contributed by atoms with van der Waals surface area (Å²) in [6.45, 7) is 0.672. The van der Waals surface area contributed by atoms with Crippen LogP contribution < -0.4 is 15.7 Å². The fourth-order valence-electron chi connectivity index (χ4n) is 3.30. The maximum absolute atomic E-state index is 12.5. The van der Waals surface area contributed by atoms with Gasteiger partial charge in [0.2, 0.25) is 5.75 Å². The number of hydrogen-bond donors (Lipinski definition) is 3. The van der Waals surface area contributed by atoms with E-state index in [9.17, 15) is 19.8 Å². The molecule has 2 heterocycles. The third-order valence-electron chi connectivity index (χ3n) is 4.76. The van der Waals surface area contributed by atoms with E-state index in [1.807, 2.05) is 0 Å². The maximum Gasteiger partial charge on any atom is 0.271 e. The molecular weight excluding hydrogens is 376 g/mol. The van der Waals surface area contributed by atoms with Gasteiger partial charge < -0.3 is 14.9 Å². The van der Waals surface area contributed by atoms with Crippen molar-refractivity contribution in [3.63, 3.8) is 0 Å². The number of benzene rings is 2. The zero-order valence-corrected chi connectivity index (χ0v) is 15.5. The topological polar surface area (TPSA) is 126 Å². The Hall–Kier alpha value is -3.88. The van der Waals surface area contributed by atoms with Crippen molar-refractivity contribution in [3.8, 4) is 17.2 Å². The number of ether oxygens (including phenoxy) is 1. The molecule has 0 atom stereocenters. The molecule has 0 fully saturated rings. The fraction of sp³-hybridized carbons (Fsp3) is 0.200. The van der Waals surface area contributed by atoms with Gasteiger partial charge in [-0.05, 0) is 36.8 Å². The van der Waals surface area contributed by atoms with Crippen LogP contribution in [0.15, 0.2) is 40.2 Å². The minimum absolute atomic E-state index is 0.0807. The lowest BCUT2D eigenvalue weighted by atomic mass is 10.1. The molecule has 1 aliphatic rings. The van der Waals surface area contributed by atoms with Crippen LogP contribution in [-0.2, 0) is 13.0 Å². The minimum Gasteiger partial charge on any atom is -0.504 e. The quantitative estimate of drug-likeness (QED) is 0.350. The van der Waals surface area contributed by atoms with E-state index in [-0.39, 0.29) is 22.8 Å². The summed E-state index contributed by atoms with van der Waals surface area (Å²) in [7, 11) is 1.35. The third kappa shape index (κ3) is 3.38. The van der Waals surface area contributed by atoms with Crippen molar-refractivity contribution in [1.82, 2.24) is 15.0 Å². The molecule has 0 bridgehead atoms. The van der Waals surface area contributed by atoms with Crippen molar-refractivity contribution in [2.75, 3.05) is 7.11 Å². The smallest absolute Gasteiger partial charge is 0.271 e. The predicted molar refractivity (Wildman–Crippen MR) is 106 cm³/mol. The van der Waals surface area contributed by atoms with Crippen LogP contribution in [0, 0.1) is 0 Å². The molecule has 0 saturated carbocycles. The van der Waals surface area contributed by atoms with Gasteiger partial charge >= 0.3 is 0 Å². The molecule has 3 aromatic rings. The van der Waals surface area contributed by atoms with E-state index in [0.717, 1.165) is 18.7 Å². The van der Waals surface area contributed by atoms with E-state index in [1.165, 1.54) is 25.5 Å². The highest BCUT2D eigenvalue weighted by atomic mass is 16.5. The lowest BCUT2D eigenvalue weighted by Gasteiger charge is -2.07. The van der Waals surface area contributed by atoms with E-state index in [4.69, 9.17) is 4.74 Å². The number of phenols is 2. The summed E-state index contributed by atoms with van der Waals surface area (Å²) < 4.78 is 6.63. The second kappa shape index (κ2) is 7.27. The second-order valence-corrected chi connectivity index (χ2v) is 6.61. The van der Waals surface area contributed by atoms with Crippen molar-refractivity contribution in [2.45, 2.75) is 19.4 Å². The SMILES string of the molecule is COc1cc(/C=N/NC(=O)c2ccc3c(=O)n4c(nc3c2)CCC4)cc(O)c1O. The first-order chi connectivity index (χ1) is 14.0. The summed E-state index contributed by atoms with van der Waals surface area (Å²) >= 11 is 0. The van der Waals surface area contributed by atoms with Gasteiger partial charge in [-0.1, -0.05) is 0 Å². The standard InChI is InChI=1S/C20H18N4O5/c1-29-16-8-11(7-15(25)18(16)26)10-21-23-19(27)12-4-5-13-14(9-12)22-17-3-2-6-24(17)20(13)28/h4-5,7-10,25-26H,2-3,6H2,1H3,(H,23,27)/b21-10+. The maximum atomic E-state index is 12.5. The van der Waals surface area contributed by atoms with Gasteiger partial charge in [-0.15, -0.1) is 0 Å². The van der Waals surface area contributed by atoms with E-state index in [1.54, 1.807) is 22.8 Å². The number of rotatable bonds is 4. The number of amides is 1. The molecule has 1 aliphatic heterocycles. The molecule has 148 valence electrons. The summed E-state index contributed by atoms with van der Waals surface area (Å²) in [5, 5.41) is 23.6. The highest BCUT2D eigenvalue weighted by Crippen LogP contribution is 2.35. The second-order valence-electron chi connectivity index (χ2n) is 6.61. The molecule has 29 heavy (non-hydrogen) atoms. The summed E-state index contributed by atoms with van der Waals surface area (Å²) in [4.78, 5) is 29.4. The van der Waals surface area contributed by atoms with Crippen molar-refractivity contribution in [3.05, 3.63) is 57.6 Å². The van der Waals surface area contributed by atoms with Crippen molar-refractivity contribution in [2.24, 2.45) is 5.10 Å². The largest absolute Gasteiger partial charge is 0.504 e. The molecule has 0 radical (unpaired) electrons. The normalized spacial score (nSPS) is 13.0. The van der Waals surface area contributed by atoms with Gasteiger partial charge in [0.15, 0.2) is 11.5 Å². The Morgan fingerprint density at radius 1 is 1.31 bits per heavy atom. The third-order valence-corrected chi connectivity index (χ3v) is 4.76. The Balaban J connectivity index is 1.55. The van der Waals surface area contributed by atoms with Gasteiger partial charge in [0, 0.05) is 24.1 Å². The van der Waals surface area contributed by atoms with Crippen LogP contribution in [0.25, 0.3) is 10.9 Å². The molecule has 4 rings (SSSR count). The zero-order chi connectivity index (χ0) is 20.5. The van der Waals surface area contributed by atoms with Gasteiger partial charge in [0.05, 0.1) is 24.2 Å². The molecule has 3 N–H and O–H groups in total. The van der Waals surface area contributed by atoms with Crippen LogP contribution in [-0.4, -0.2) is 39.0 Å². The van der Waals surface area contributed by atoms with E-state index in [2.05, 4.69) is 15.5 Å². The van der Waals surface area contributed by atoms with Crippen LogP contribution in [0.1, 0.15) is 28.2 Å². The lowest BCUT2D eigenvalue weighted by Crippen LogP contribution is -2.22. The van der Waals surface area contributed by atoms with Crippen LogP contribution in [0.3, 0.4) is 0 Å². The number of hydrazone groups is 1. The predicted octanol–water partition coefficient (Wildman–Crippen LogP) is 1.53. The molecule has 0 spiro atoms. The Morgan fingerprint density at radius 3 is 2.93 bits per heavy atom. The van der Waals surface area contributed by atoms with Crippen molar-refractivity contribution < 1.29 is 19.7 Å². The number of fused-ring (bicyclic) bond motifs is 2. The van der Waals surface area contributed by atoms with Gasteiger partial charge in [0.1, 0.15) is 5.82 Å². The average Bonchev–Trinajstić information content (AvgIpc) is 3.19. The number of carbonyl (C=O) groups is 1. The highest BCUT2D eigenvalue weighted by molar-refractivity contribution is 5.98. The van der Waals surface area contributed by atoms with Crippen molar-refractivity contribution >= 4 is 23.0 Å². The summed E-state index contributed by atoms with van der Waals surface area (Å²) in [5.41, 5.74) is 3.51. The fourth-order valence-corrected chi connectivity index (χ4v) is 3.30. The van der Waals surface area contributed by atoms with E-state index in [0.29, 0.717) is 28.6 Å². The molecule has 2 aromatic carbocycles. The highest BCUT2D eigenvalue weighted by Gasteiger charge is 2.17. The molecule has 0 aliphatic carbocycles. The Kier molecular flexibility index (Phi) is 4.63. The Bertz CT molecular complexity index is 1220. The molecule has 1 amide bonds. The van der Waals surface area contributed by atoms with Crippen LogP contribution in [0.5, 0.6) is 17.2 Å². The molecule has 9 heteroatoms. The summed E-state index contributed by atoms with van der Waals surface area (Å²) in [6, 6.07) is 7.45. The number of aromatic nitrogens is 2. The van der Waals surface area contributed by atoms with Crippen LogP contribution in [0.2, 0.25) is 0 Å². The summed E-state index contributed by atoms with van der Waals surface area (Å²) in [5.74, 6) is -0.395. The van der Waals surface area contributed by atoms with Gasteiger partial charge in [-0.25, -0.2) is 10.4 Å². The molecule has 1 aromatic heterocycles. The van der Waals surface area contributed by atoms with E-state index < -0.39 is 5.91 Å². The van der Waals surface area contributed by atoms with Gasteiger partial charge in [-0.3, -0.25) is 14.2 Å². The molecule has 0 unspecified atom stereocenters. The van der Waals surface area contributed by atoms with Crippen LogP contribution in [0.4, 0.5) is 0 Å². The lowest BCUT2D eigenvalue weighted by molar-refractivity contribution is 0.0955. The number of nitrogens with zero attached hydrogens (tertiary/aromatic N) is 3. The number of nitrogens with one attached hydrogen (secondary N) is 1. The first-order valence-electron chi connectivity index (χ1n) is 8.95. The first kappa shape index (κ1) is 18.5. The first-order valence-corrected chi connectivity index (χ1v) is 8.95. The van der Waals surface area contributed by atoms with E-state index >= 15 is 0 Å². The van der Waals surface area contributed by atoms with Gasteiger partial charge in [0.25, 0.3) is 11.5 Å². The van der Waals surface area contributed by atoms with Gasteiger partial charge in [-0.2, -0.15) is 5.10 Å². The summed E-state index contributed by atoms with van der Waals surface area (Å²) in [6.07, 6.45) is 2.94. The molecule has 9 nitrogen and oxygen atoms in total. The number of methoxy groups -OCH3 is 1. The minimum atomic E-state index is -0.472. The Labute approximate surface area is 164 Å². The zero-order valence-electron chi connectivity index (χ0n) is 15.5. The Morgan fingerprint density at radius 2 is 2.14 bits per heavy atom. The number of hydrogen-bond acceptors (Lipinski definition) is 7. The average molecular weight is 394 g/mol. The van der Waals surface area contributed by atoms with Crippen LogP contribution >= 0.6 is 0 Å². The number of carbonyl (C=O) groups excluding carboxylic acids is 1. The monoisotopic (exact) mass is 394 g/mol. The molecule has 0 saturated heterocycles.